The molecule has 0 heterocycles. The molecule has 0 aliphatic rings. The molecule has 2 nitrogen and oxygen atoms in total. The Labute approximate surface area is 117 Å². The van der Waals surface area contributed by atoms with Crippen molar-refractivity contribution in [1.82, 2.24) is 4.90 Å². The topological polar surface area (TPSA) is 29.3 Å². The van der Waals surface area contributed by atoms with Crippen LogP contribution in [0.4, 0.5) is 4.39 Å². The highest BCUT2D eigenvalue weighted by molar-refractivity contribution is 9.10. The number of hydrogen-bond acceptors (Lipinski definition) is 2. The van der Waals surface area contributed by atoms with E-state index in [9.17, 15) is 4.39 Å². The van der Waals surface area contributed by atoms with Crippen LogP contribution in [0.15, 0.2) is 22.7 Å². The number of hydrogen-bond donors (Lipinski definition) is 1. The molecular formula is C14H22BrFN2. The highest BCUT2D eigenvalue weighted by Gasteiger charge is 2.21. The Hall–Kier alpha value is -0.450. The van der Waals surface area contributed by atoms with Crippen LogP contribution in [-0.4, -0.2) is 24.5 Å². The fourth-order valence-corrected chi connectivity index (χ4v) is 2.62. The number of benzene rings is 1. The Balaban J connectivity index is 3.01. The predicted molar refractivity (Wildman–Crippen MR) is 78.1 cm³/mol. The van der Waals surface area contributed by atoms with Crippen molar-refractivity contribution in [2.75, 3.05) is 19.6 Å². The van der Waals surface area contributed by atoms with E-state index in [1.165, 1.54) is 6.07 Å². The van der Waals surface area contributed by atoms with Gasteiger partial charge >= 0.3 is 0 Å². The first-order valence-corrected chi connectivity index (χ1v) is 7.32. The molecular weight excluding hydrogens is 295 g/mol. The van der Waals surface area contributed by atoms with Crippen LogP contribution in [0.3, 0.4) is 0 Å². The summed E-state index contributed by atoms with van der Waals surface area (Å²) in [5.41, 5.74) is 6.55. The van der Waals surface area contributed by atoms with Crippen molar-refractivity contribution in [3.05, 3.63) is 34.1 Å². The summed E-state index contributed by atoms with van der Waals surface area (Å²) >= 11 is 3.39. The largest absolute Gasteiger partial charge is 0.329 e. The second kappa shape index (κ2) is 7.87. The molecule has 0 aliphatic carbocycles. The minimum atomic E-state index is -0.175. The van der Waals surface area contributed by atoms with Crippen LogP contribution in [0.2, 0.25) is 0 Å². The van der Waals surface area contributed by atoms with Gasteiger partial charge in [0.05, 0.1) is 0 Å². The van der Waals surface area contributed by atoms with Gasteiger partial charge < -0.3 is 5.73 Å². The Bertz CT molecular complexity index is 365. The van der Waals surface area contributed by atoms with Gasteiger partial charge in [0, 0.05) is 22.6 Å². The lowest BCUT2D eigenvalue weighted by Crippen LogP contribution is -2.35. The summed E-state index contributed by atoms with van der Waals surface area (Å²) in [6, 6.07) is 5.02. The molecule has 1 aromatic carbocycles. The van der Waals surface area contributed by atoms with Crippen molar-refractivity contribution in [3.63, 3.8) is 0 Å². The fraction of sp³-hybridized carbons (Fsp3) is 0.571. The molecule has 0 fully saturated rings. The van der Waals surface area contributed by atoms with Crippen LogP contribution in [0.25, 0.3) is 0 Å². The summed E-state index contributed by atoms with van der Waals surface area (Å²) in [5.74, 6) is -0.175. The van der Waals surface area contributed by atoms with Crippen molar-refractivity contribution in [1.29, 1.82) is 0 Å². The second-order valence-corrected chi connectivity index (χ2v) is 5.37. The minimum Gasteiger partial charge on any atom is -0.329 e. The lowest BCUT2D eigenvalue weighted by Gasteiger charge is -2.31. The summed E-state index contributed by atoms with van der Waals surface area (Å²) < 4.78 is 14.8. The lowest BCUT2D eigenvalue weighted by molar-refractivity contribution is 0.198. The number of halogens is 2. The lowest BCUT2D eigenvalue weighted by atomic mass is 10.0. The zero-order valence-corrected chi connectivity index (χ0v) is 12.7. The molecule has 102 valence electrons. The molecule has 1 atom stereocenters. The van der Waals surface area contributed by atoms with Crippen LogP contribution in [0, 0.1) is 5.82 Å². The van der Waals surface area contributed by atoms with E-state index in [1.807, 2.05) is 6.07 Å². The first kappa shape index (κ1) is 15.6. The van der Waals surface area contributed by atoms with Crippen molar-refractivity contribution in [3.8, 4) is 0 Å². The second-order valence-electron chi connectivity index (χ2n) is 4.45. The van der Waals surface area contributed by atoms with Crippen LogP contribution in [-0.2, 0) is 0 Å². The zero-order valence-electron chi connectivity index (χ0n) is 11.1. The smallest absolute Gasteiger partial charge is 0.128 e. The van der Waals surface area contributed by atoms with Gasteiger partial charge in [-0.15, -0.1) is 0 Å². The number of rotatable bonds is 7. The fourth-order valence-electron chi connectivity index (χ4n) is 2.24. The van der Waals surface area contributed by atoms with Gasteiger partial charge in [-0.25, -0.2) is 4.39 Å². The van der Waals surface area contributed by atoms with E-state index in [0.29, 0.717) is 12.1 Å². The third kappa shape index (κ3) is 4.04. The van der Waals surface area contributed by atoms with Crippen molar-refractivity contribution in [2.45, 2.75) is 32.7 Å². The Morgan fingerprint density at radius 1 is 1.28 bits per heavy atom. The summed E-state index contributed by atoms with van der Waals surface area (Å²) in [5, 5.41) is 0. The molecule has 1 aromatic rings. The molecule has 1 rings (SSSR count). The molecule has 18 heavy (non-hydrogen) atoms. The molecule has 0 saturated carbocycles. The van der Waals surface area contributed by atoms with Gasteiger partial charge in [-0.2, -0.15) is 0 Å². The average molecular weight is 317 g/mol. The van der Waals surface area contributed by atoms with Gasteiger partial charge in [-0.1, -0.05) is 29.8 Å². The Morgan fingerprint density at radius 2 is 1.89 bits per heavy atom. The maximum atomic E-state index is 13.9. The van der Waals surface area contributed by atoms with Crippen molar-refractivity contribution >= 4 is 15.9 Å². The van der Waals surface area contributed by atoms with E-state index in [-0.39, 0.29) is 11.9 Å². The predicted octanol–water partition coefficient (Wildman–Crippen LogP) is 3.71. The summed E-state index contributed by atoms with van der Waals surface area (Å²) in [6.07, 6.45) is 2.10. The highest BCUT2D eigenvalue weighted by Crippen LogP contribution is 2.26. The van der Waals surface area contributed by atoms with Crippen molar-refractivity contribution in [2.24, 2.45) is 5.73 Å². The maximum Gasteiger partial charge on any atom is 0.128 e. The first-order chi connectivity index (χ1) is 8.63. The molecule has 0 bridgehead atoms. The third-order valence-corrected chi connectivity index (χ3v) is 3.50. The molecule has 2 N–H and O–H groups in total. The normalized spacial score (nSPS) is 13.0. The van der Waals surface area contributed by atoms with Crippen LogP contribution >= 0.6 is 15.9 Å². The zero-order chi connectivity index (χ0) is 13.5. The van der Waals surface area contributed by atoms with Crippen LogP contribution in [0.5, 0.6) is 0 Å². The molecule has 0 radical (unpaired) electrons. The number of nitrogens with two attached hydrogens (primary N) is 1. The van der Waals surface area contributed by atoms with Gasteiger partial charge in [0.2, 0.25) is 0 Å². The van der Waals surface area contributed by atoms with Crippen LogP contribution in [0.1, 0.15) is 38.3 Å². The highest BCUT2D eigenvalue weighted by atomic mass is 79.9. The van der Waals surface area contributed by atoms with E-state index in [1.54, 1.807) is 6.07 Å². The Morgan fingerprint density at radius 3 is 2.39 bits per heavy atom. The molecule has 0 saturated heterocycles. The monoisotopic (exact) mass is 316 g/mol. The summed E-state index contributed by atoms with van der Waals surface area (Å²) in [4.78, 5) is 2.27. The minimum absolute atomic E-state index is 0.0394. The van der Waals surface area contributed by atoms with E-state index in [0.717, 1.165) is 30.4 Å². The Kier molecular flexibility index (Phi) is 6.82. The quantitative estimate of drug-likeness (QED) is 0.831. The third-order valence-electron chi connectivity index (χ3n) is 3.00. The van der Waals surface area contributed by atoms with Gasteiger partial charge in [0.1, 0.15) is 5.82 Å². The molecule has 4 heteroatoms. The standard InChI is InChI=1S/C14H22BrFN2/c1-3-7-18(8-4-2)14(10-17)12-9-11(15)5-6-13(12)16/h5-6,9,14H,3-4,7-8,10,17H2,1-2H3. The van der Waals surface area contributed by atoms with Gasteiger partial charge in [-0.3, -0.25) is 4.90 Å². The van der Waals surface area contributed by atoms with Gasteiger partial charge in [0.25, 0.3) is 0 Å². The first-order valence-electron chi connectivity index (χ1n) is 6.53. The number of nitrogens with zero attached hydrogens (tertiary/aromatic N) is 1. The van der Waals surface area contributed by atoms with Gasteiger partial charge in [-0.05, 0) is 44.1 Å². The summed E-state index contributed by atoms with van der Waals surface area (Å²) in [6.45, 7) is 6.59. The SMILES string of the molecule is CCCN(CCC)C(CN)c1cc(Br)ccc1F. The van der Waals surface area contributed by atoms with E-state index in [4.69, 9.17) is 5.73 Å². The van der Waals surface area contributed by atoms with E-state index >= 15 is 0 Å². The van der Waals surface area contributed by atoms with E-state index < -0.39 is 0 Å². The van der Waals surface area contributed by atoms with Crippen LogP contribution < -0.4 is 5.73 Å². The summed E-state index contributed by atoms with van der Waals surface area (Å²) in [7, 11) is 0. The maximum absolute atomic E-state index is 13.9. The molecule has 0 amide bonds. The molecule has 1 unspecified atom stereocenters. The van der Waals surface area contributed by atoms with E-state index in [2.05, 4.69) is 34.7 Å². The molecule has 0 spiro atoms. The molecule has 0 aliphatic heterocycles. The van der Waals surface area contributed by atoms with Crippen molar-refractivity contribution < 1.29 is 4.39 Å². The average Bonchev–Trinajstić information content (AvgIpc) is 2.35. The molecule has 0 aromatic heterocycles. The van der Waals surface area contributed by atoms with Gasteiger partial charge in [0.15, 0.2) is 0 Å².